The van der Waals surface area contributed by atoms with Crippen molar-refractivity contribution in [3.8, 4) is 0 Å². The van der Waals surface area contributed by atoms with Gasteiger partial charge in [0.2, 0.25) is 15.9 Å². The van der Waals surface area contributed by atoms with Crippen LogP contribution in [-0.2, 0) is 27.9 Å². The number of rotatable bonds is 9. The van der Waals surface area contributed by atoms with Gasteiger partial charge < -0.3 is 9.88 Å². The summed E-state index contributed by atoms with van der Waals surface area (Å²) in [5.74, 6) is 0.535. The van der Waals surface area contributed by atoms with E-state index in [1.165, 1.54) is 22.3 Å². The SMILES string of the molecule is CCn1c(CN(c2ccccc2)S(C)(=O)=O)nnc1SCC(=O)Nc1cc(C)cc(C)c1. The van der Waals surface area contributed by atoms with Crippen molar-refractivity contribution in [2.75, 3.05) is 21.6 Å². The fourth-order valence-electron chi connectivity index (χ4n) is 3.36. The minimum atomic E-state index is -3.52. The second kappa shape index (κ2) is 10.2. The highest BCUT2D eigenvalue weighted by Crippen LogP contribution is 2.23. The number of anilines is 2. The Balaban J connectivity index is 1.72. The van der Waals surface area contributed by atoms with Crippen LogP contribution in [0.5, 0.6) is 0 Å². The van der Waals surface area contributed by atoms with Crippen molar-refractivity contribution in [2.24, 2.45) is 0 Å². The number of thioether (sulfide) groups is 1. The van der Waals surface area contributed by atoms with Crippen molar-refractivity contribution in [1.29, 1.82) is 0 Å². The normalized spacial score (nSPS) is 11.4. The van der Waals surface area contributed by atoms with Gasteiger partial charge in [0.1, 0.15) is 0 Å². The van der Waals surface area contributed by atoms with Crippen LogP contribution >= 0.6 is 11.8 Å². The molecule has 0 aliphatic rings. The number of hydrogen-bond donors (Lipinski definition) is 1. The molecule has 3 rings (SSSR count). The maximum atomic E-state index is 12.4. The van der Waals surface area contributed by atoms with Crippen molar-refractivity contribution in [1.82, 2.24) is 14.8 Å². The topological polar surface area (TPSA) is 97.2 Å². The Labute approximate surface area is 193 Å². The molecule has 0 saturated heterocycles. The highest BCUT2D eigenvalue weighted by molar-refractivity contribution is 7.99. The van der Waals surface area contributed by atoms with E-state index in [4.69, 9.17) is 0 Å². The second-order valence-electron chi connectivity index (χ2n) is 7.46. The Hall–Kier alpha value is -2.85. The van der Waals surface area contributed by atoms with Gasteiger partial charge in [-0.15, -0.1) is 10.2 Å². The van der Waals surface area contributed by atoms with Gasteiger partial charge in [0.25, 0.3) is 0 Å². The molecule has 170 valence electrons. The number of hydrogen-bond acceptors (Lipinski definition) is 6. The highest BCUT2D eigenvalue weighted by Gasteiger charge is 2.22. The number of sulfonamides is 1. The first-order chi connectivity index (χ1) is 15.2. The molecular weight excluding hydrogens is 446 g/mol. The van der Waals surface area contributed by atoms with Gasteiger partial charge in [-0.3, -0.25) is 9.10 Å². The molecule has 1 aromatic heterocycles. The zero-order chi connectivity index (χ0) is 23.3. The van der Waals surface area contributed by atoms with Crippen LogP contribution in [0.4, 0.5) is 11.4 Å². The number of benzene rings is 2. The van der Waals surface area contributed by atoms with Gasteiger partial charge in [-0.25, -0.2) is 8.42 Å². The van der Waals surface area contributed by atoms with E-state index < -0.39 is 10.0 Å². The molecule has 0 atom stereocenters. The molecule has 0 aliphatic carbocycles. The van der Waals surface area contributed by atoms with Gasteiger partial charge in [-0.05, 0) is 56.2 Å². The number of carbonyl (C=O) groups is 1. The van der Waals surface area contributed by atoms with Crippen molar-refractivity contribution in [2.45, 2.75) is 39.0 Å². The van der Waals surface area contributed by atoms with Crippen LogP contribution in [0.3, 0.4) is 0 Å². The summed E-state index contributed by atoms with van der Waals surface area (Å²) in [4.78, 5) is 12.4. The summed E-state index contributed by atoms with van der Waals surface area (Å²) in [7, 11) is -3.52. The Morgan fingerprint density at radius 3 is 2.34 bits per heavy atom. The molecule has 8 nitrogen and oxygen atoms in total. The third kappa shape index (κ3) is 6.10. The molecule has 0 aliphatic heterocycles. The lowest BCUT2D eigenvalue weighted by Gasteiger charge is -2.22. The molecule has 3 aromatic rings. The number of nitrogens with zero attached hydrogens (tertiary/aromatic N) is 4. The Kier molecular flexibility index (Phi) is 7.57. The van der Waals surface area contributed by atoms with Crippen LogP contribution in [0.2, 0.25) is 0 Å². The molecule has 1 heterocycles. The van der Waals surface area contributed by atoms with Gasteiger partial charge in [-0.2, -0.15) is 0 Å². The van der Waals surface area contributed by atoms with Crippen LogP contribution in [-0.4, -0.2) is 41.1 Å². The first-order valence-electron chi connectivity index (χ1n) is 10.1. The fourth-order valence-corrected chi connectivity index (χ4v) is 5.03. The Morgan fingerprint density at radius 2 is 1.75 bits per heavy atom. The van der Waals surface area contributed by atoms with Gasteiger partial charge in [0, 0.05) is 12.2 Å². The molecule has 0 unspecified atom stereocenters. The average Bonchev–Trinajstić information content (AvgIpc) is 3.11. The summed E-state index contributed by atoms with van der Waals surface area (Å²) in [6.45, 7) is 6.50. The lowest BCUT2D eigenvalue weighted by atomic mass is 10.1. The molecule has 1 amide bonds. The summed E-state index contributed by atoms with van der Waals surface area (Å²) < 4.78 is 27.9. The van der Waals surface area contributed by atoms with Gasteiger partial charge in [-0.1, -0.05) is 36.0 Å². The first-order valence-corrected chi connectivity index (χ1v) is 13.0. The number of aromatic nitrogens is 3. The largest absolute Gasteiger partial charge is 0.325 e. The van der Waals surface area contributed by atoms with Crippen LogP contribution in [0.25, 0.3) is 0 Å². The van der Waals surface area contributed by atoms with E-state index in [1.807, 2.05) is 49.6 Å². The van der Waals surface area contributed by atoms with Crippen LogP contribution in [0, 0.1) is 13.8 Å². The lowest BCUT2D eigenvalue weighted by molar-refractivity contribution is -0.113. The average molecular weight is 474 g/mol. The Morgan fingerprint density at radius 1 is 1.09 bits per heavy atom. The fraction of sp³-hybridized carbons (Fsp3) is 0.318. The summed E-state index contributed by atoms with van der Waals surface area (Å²) in [5.41, 5.74) is 3.48. The van der Waals surface area contributed by atoms with Crippen LogP contribution in [0.15, 0.2) is 53.7 Å². The molecule has 0 spiro atoms. The van der Waals surface area contributed by atoms with E-state index in [9.17, 15) is 13.2 Å². The summed E-state index contributed by atoms with van der Waals surface area (Å²) in [6.07, 6.45) is 1.17. The summed E-state index contributed by atoms with van der Waals surface area (Å²) in [6, 6.07) is 14.8. The molecule has 0 radical (unpaired) electrons. The van der Waals surface area contributed by atoms with Crippen molar-refractivity contribution < 1.29 is 13.2 Å². The van der Waals surface area contributed by atoms with Crippen LogP contribution in [0.1, 0.15) is 23.9 Å². The number of para-hydroxylation sites is 1. The van der Waals surface area contributed by atoms with E-state index in [1.54, 1.807) is 24.3 Å². The zero-order valence-electron chi connectivity index (χ0n) is 18.6. The molecular formula is C22H27N5O3S2. The molecule has 1 N–H and O–H groups in total. The third-order valence-corrected chi connectivity index (χ3v) is 6.78. The molecule has 0 saturated carbocycles. The van der Waals surface area contributed by atoms with Gasteiger partial charge in [0.15, 0.2) is 11.0 Å². The maximum Gasteiger partial charge on any atom is 0.234 e. The third-order valence-electron chi connectivity index (χ3n) is 4.68. The molecule has 10 heteroatoms. The first kappa shape index (κ1) is 23.8. The monoisotopic (exact) mass is 473 g/mol. The smallest absolute Gasteiger partial charge is 0.234 e. The minimum Gasteiger partial charge on any atom is -0.325 e. The molecule has 2 aromatic carbocycles. The van der Waals surface area contributed by atoms with Crippen molar-refractivity contribution in [3.05, 3.63) is 65.5 Å². The maximum absolute atomic E-state index is 12.4. The lowest BCUT2D eigenvalue weighted by Crippen LogP contribution is -2.30. The molecule has 0 bridgehead atoms. The van der Waals surface area contributed by atoms with Crippen LogP contribution < -0.4 is 9.62 Å². The Bertz CT molecular complexity index is 1170. The van der Waals surface area contributed by atoms with E-state index in [0.29, 0.717) is 23.2 Å². The number of amides is 1. The van der Waals surface area contributed by atoms with Gasteiger partial charge >= 0.3 is 0 Å². The number of aryl methyl sites for hydroxylation is 2. The van der Waals surface area contributed by atoms with E-state index in [2.05, 4.69) is 15.5 Å². The predicted molar refractivity (Wildman–Crippen MR) is 128 cm³/mol. The van der Waals surface area contributed by atoms with Gasteiger partial charge in [0.05, 0.1) is 24.2 Å². The van der Waals surface area contributed by atoms with E-state index in [0.717, 1.165) is 16.8 Å². The second-order valence-corrected chi connectivity index (χ2v) is 10.3. The van der Waals surface area contributed by atoms with E-state index in [-0.39, 0.29) is 18.2 Å². The number of nitrogens with one attached hydrogen (secondary N) is 1. The standard InChI is InChI=1S/C22H27N5O3S2/c1-5-26-20(14-27(32(4,29)30)19-9-7-6-8-10-19)24-25-22(26)31-15-21(28)23-18-12-16(2)11-17(3)13-18/h6-13H,5,14-15H2,1-4H3,(H,23,28). The summed E-state index contributed by atoms with van der Waals surface area (Å²) in [5, 5.41) is 11.9. The summed E-state index contributed by atoms with van der Waals surface area (Å²) >= 11 is 1.27. The minimum absolute atomic E-state index is 0.0546. The quantitative estimate of drug-likeness (QED) is 0.477. The highest BCUT2D eigenvalue weighted by atomic mass is 32.2. The molecule has 0 fully saturated rings. The number of carbonyl (C=O) groups excluding carboxylic acids is 1. The van der Waals surface area contributed by atoms with Crippen molar-refractivity contribution in [3.63, 3.8) is 0 Å². The van der Waals surface area contributed by atoms with Crippen molar-refractivity contribution >= 4 is 39.1 Å². The predicted octanol–water partition coefficient (Wildman–Crippen LogP) is 3.61. The zero-order valence-corrected chi connectivity index (χ0v) is 20.2. The van der Waals surface area contributed by atoms with E-state index >= 15 is 0 Å². The molecule has 32 heavy (non-hydrogen) atoms.